The molecule has 1 aromatic heterocycles. The SMILES string of the molecule is CC1CCCN1Cc1ccc(CN2CCCC2C)c(Nc2cc(=O)c3ccccc3[nH]2)c1. The maximum atomic E-state index is 12.7. The number of para-hydroxylation sites is 1. The first-order valence-corrected chi connectivity index (χ1v) is 12.1. The molecule has 32 heavy (non-hydrogen) atoms. The fourth-order valence-electron chi connectivity index (χ4n) is 5.29. The van der Waals surface area contributed by atoms with Crippen LogP contribution < -0.4 is 10.7 Å². The van der Waals surface area contributed by atoms with Crippen LogP contribution in [0.4, 0.5) is 11.5 Å². The third kappa shape index (κ3) is 4.45. The summed E-state index contributed by atoms with van der Waals surface area (Å²) in [5.74, 6) is 0.746. The number of aromatic amines is 1. The van der Waals surface area contributed by atoms with E-state index >= 15 is 0 Å². The number of nitrogens with zero attached hydrogens (tertiary/aromatic N) is 2. The van der Waals surface area contributed by atoms with Gasteiger partial charge in [0.1, 0.15) is 5.82 Å². The van der Waals surface area contributed by atoms with Crippen molar-refractivity contribution in [1.29, 1.82) is 0 Å². The molecule has 5 heteroatoms. The van der Waals surface area contributed by atoms with Crippen LogP contribution in [0.3, 0.4) is 0 Å². The van der Waals surface area contributed by atoms with Gasteiger partial charge in [0.25, 0.3) is 0 Å². The van der Waals surface area contributed by atoms with Crippen LogP contribution in [0.2, 0.25) is 0 Å². The summed E-state index contributed by atoms with van der Waals surface area (Å²) >= 11 is 0. The van der Waals surface area contributed by atoms with Gasteiger partial charge in [0, 0.05) is 42.3 Å². The molecule has 0 saturated carbocycles. The Balaban J connectivity index is 1.47. The lowest BCUT2D eigenvalue weighted by Gasteiger charge is -2.25. The molecule has 0 radical (unpaired) electrons. The van der Waals surface area contributed by atoms with Gasteiger partial charge in [0.15, 0.2) is 5.43 Å². The number of anilines is 2. The monoisotopic (exact) mass is 430 g/mol. The summed E-state index contributed by atoms with van der Waals surface area (Å²) in [6.07, 6.45) is 5.11. The summed E-state index contributed by atoms with van der Waals surface area (Å²) < 4.78 is 0. The average Bonchev–Trinajstić information content (AvgIpc) is 3.37. The summed E-state index contributed by atoms with van der Waals surface area (Å²) in [5.41, 5.74) is 4.60. The van der Waals surface area contributed by atoms with Crippen LogP contribution in [-0.4, -0.2) is 40.0 Å². The summed E-state index contributed by atoms with van der Waals surface area (Å²) in [4.78, 5) is 21.2. The molecule has 0 aliphatic carbocycles. The van der Waals surface area contributed by atoms with E-state index in [1.165, 1.54) is 43.4 Å². The number of hydrogen-bond acceptors (Lipinski definition) is 4. The maximum absolute atomic E-state index is 12.7. The van der Waals surface area contributed by atoms with Crippen LogP contribution in [0.5, 0.6) is 0 Å². The second kappa shape index (κ2) is 9.08. The number of benzene rings is 2. The molecule has 2 aliphatic rings. The second-order valence-electron chi connectivity index (χ2n) is 9.63. The lowest BCUT2D eigenvalue weighted by Crippen LogP contribution is -2.27. The molecule has 5 rings (SSSR count). The second-order valence-corrected chi connectivity index (χ2v) is 9.63. The molecule has 2 aliphatic heterocycles. The Morgan fingerprint density at radius 3 is 2.38 bits per heavy atom. The minimum atomic E-state index is 0.0404. The highest BCUT2D eigenvalue weighted by Gasteiger charge is 2.23. The zero-order valence-corrected chi connectivity index (χ0v) is 19.2. The van der Waals surface area contributed by atoms with Gasteiger partial charge in [-0.1, -0.05) is 24.3 Å². The summed E-state index contributed by atoms with van der Waals surface area (Å²) in [6, 6.07) is 17.5. The van der Waals surface area contributed by atoms with E-state index < -0.39 is 0 Å². The van der Waals surface area contributed by atoms with Gasteiger partial charge in [0.2, 0.25) is 0 Å². The van der Waals surface area contributed by atoms with E-state index in [-0.39, 0.29) is 5.43 Å². The van der Waals surface area contributed by atoms with Crippen molar-refractivity contribution in [2.24, 2.45) is 0 Å². The predicted molar refractivity (Wildman–Crippen MR) is 133 cm³/mol. The third-order valence-electron chi connectivity index (χ3n) is 7.32. The van der Waals surface area contributed by atoms with Gasteiger partial charge in [-0.2, -0.15) is 0 Å². The molecule has 2 fully saturated rings. The number of rotatable bonds is 6. The quantitative estimate of drug-likeness (QED) is 0.561. The third-order valence-corrected chi connectivity index (χ3v) is 7.32. The number of fused-ring (bicyclic) bond motifs is 1. The van der Waals surface area contributed by atoms with Crippen LogP contribution in [0.15, 0.2) is 53.3 Å². The van der Waals surface area contributed by atoms with Gasteiger partial charge in [-0.3, -0.25) is 14.6 Å². The van der Waals surface area contributed by atoms with Crippen LogP contribution in [0, 0.1) is 0 Å². The molecule has 0 bridgehead atoms. The standard InChI is InChI=1S/C27H34N4O/c1-19-7-5-13-30(19)17-21-11-12-22(18-31-14-6-8-20(31)2)25(15-21)29-27-16-26(32)23-9-3-4-10-24(23)28-27/h3-4,9-12,15-16,19-20H,5-8,13-14,17-18H2,1-2H3,(H2,28,29,32). The minimum absolute atomic E-state index is 0.0404. The lowest BCUT2D eigenvalue weighted by atomic mass is 10.1. The molecule has 2 saturated heterocycles. The molecular formula is C27H34N4O. The number of aromatic nitrogens is 1. The molecule has 2 aromatic carbocycles. The maximum Gasteiger partial charge on any atom is 0.191 e. The Labute approximate surface area is 190 Å². The molecule has 168 valence electrons. The molecule has 2 N–H and O–H groups in total. The van der Waals surface area contributed by atoms with Gasteiger partial charge in [-0.15, -0.1) is 0 Å². The van der Waals surface area contributed by atoms with Crippen molar-refractivity contribution in [3.63, 3.8) is 0 Å². The van der Waals surface area contributed by atoms with Gasteiger partial charge in [0.05, 0.1) is 5.52 Å². The first-order chi connectivity index (χ1) is 15.6. The Morgan fingerprint density at radius 1 is 0.938 bits per heavy atom. The largest absolute Gasteiger partial charge is 0.341 e. The Hall–Kier alpha value is -2.63. The van der Waals surface area contributed by atoms with Crippen molar-refractivity contribution in [3.05, 3.63) is 69.9 Å². The smallest absolute Gasteiger partial charge is 0.191 e. The molecule has 2 unspecified atom stereocenters. The van der Waals surface area contributed by atoms with Gasteiger partial charge in [-0.25, -0.2) is 0 Å². The molecule has 0 amide bonds. The number of pyridine rings is 1. The van der Waals surface area contributed by atoms with Crippen LogP contribution >= 0.6 is 0 Å². The normalized spacial score (nSPS) is 22.1. The highest BCUT2D eigenvalue weighted by atomic mass is 16.1. The van der Waals surface area contributed by atoms with E-state index in [4.69, 9.17) is 0 Å². The molecule has 0 spiro atoms. The van der Waals surface area contributed by atoms with Crippen molar-refractivity contribution >= 4 is 22.4 Å². The fraction of sp³-hybridized carbons (Fsp3) is 0.444. The van der Waals surface area contributed by atoms with E-state index in [9.17, 15) is 4.79 Å². The number of likely N-dealkylation sites (tertiary alicyclic amines) is 2. The molecule has 5 nitrogen and oxygen atoms in total. The minimum Gasteiger partial charge on any atom is -0.341 e. The Kier molecular flexibility index (Phi) is 6.03. The van der Waals surface area contributed by atoms with Crippen LogP contribution in [0.1, 0.15) is 50.7 Å². The lowest BCUT2D eigenvalue weighted by molar-refractivity contribution is 0.258. The van der Waals surface area contributed by atoms with Crippen molar-refractivity contribution in [1.82, 2.24) is 14.8 Å². The molecular weight excluding hydrogens is 396 g/mol. The van der Waals surface area contributed by atoms with E-state index in [2.05, 4.69) is 52.1 Å². The Bertz CT molecular complexity index is 1150. The van der Waals surface area contributed by atoms with E-state index in [0.717, 1.165) is 42.0 Å². The van der Waals surface area contributed by atoms with Crippen molar-refractivity contribution in [2.45, 2.75) is 64.7 Å². The Morgan fingerprint density at radius 2 is 1.66 bits per heavy atom. The van der Waals surface area contributed by atoms with Gasteiger partial charge >= 0.3 is 0 Å². The number of H-pyrrole nitrogens is 1. The first kappa shape index (κ1) is 21.2. The van der Waals surface area contributed by atoms with Crippen LogP contribution in [-0.2, 0) is 13.1 Å². The molecule has 3 aromatic rings. The van der Waals surface area contributed by atoms with Crippen molar-refractivity contribution in [2.75, 3.05) is 18.4 Å². The summed E-state index contributed by atoms with van der Waals surface area (Å²) in [6.45, 7) is 8.89. The fourth-order valence-corrected chi connectivity index (χ4v) is 5.29. The van der Waals surface area contributed by atoms with Crippen LogP contribution in [0.25, 0.3) is 10.9 Å². The number of hydrogen-bond donors (Lipinski definition) is 2. The van der Waals surface area contributed by atoms with E-state index in [1.54, 1.807) is 6.07 Å². The zero-order chi connectivity index (χ0) is 22.1. The van der Waals surface area contributed by atoms with Crippen molar-refractivity contribution < 1.29 is 0 Å². The highest BCUT2D eigenvalue weighted by Crippen LogP contribution is 2.28. The molecule has 2 atom stereocenters. The van der Waals surface area contributed by atoms with Gasteiger partial charge < -0.3 is 10.3 Å². The van der Waals surface area contributed by atoms with E-state index in [0.29, 0.717) is 12.1 Å². The summed E-state index contributed by atoms with van der Waals surface area (Å²) in [5, 5.41) is 4.29. The zero-order valence-electron chi connectivity index (χ0n) is 19.2. The van der Waals surface area contributed by atoms with E-state index in [1.807, 2.05) is 24.3 Å². The van der Waals surface area contributed by atoms with Gasteiger partial charge in [-0.05, 0) is 81.9 Å². The molecule has 3 heterocycles. The van der Waals surface area contributed by atoms with Crippen molar-refractivity contribution in [3.8, 4) is 0 Å². The average molecular weight is 431 g/mol. The topological polar surface area (TPSA) is 51.4 Å². The highest BCUT2D eigenvalue weighted by molar-refractivity contribution is 5.80. The number of nitrogens with one attached hydrogen (secondary N) is 2. The predicted octanol–water partition coefficient (Wildman–Crippen LogP) is 5.24. The first-order valence-electron chi connectivity index (χ1n) is 12.1. The summed E-state index contributed by atoms with van der Waals surface area (Å²) in [7, 11) is 0.